The van der Waals surface area contributed by atoms with Crippen LogP contribution in [0.5, 0.6) is 0 Å². The average Bonchev–Trinajstić information content (AvgIpc) is 2.28. The lowest BCUT2D eigenvalue weighted by molar-refractivity contribution is -0.118. The Morgan fingerprint density at radius 1 is 1.44 bits per heavy atom. The average molecular weight is 294 g/mol. The van der Waals surface area contributed by atoms with E-state index >= 15 is 0 Å². The second-order valence-corrected chi connectivity index (χ2v) is 7.40. The Bertz CT molecular complexity index is 370. The van der Waals surface area contributed by atoms with Crippen LogP contribution in [0.1, 0.15) is 25.7 Å². The van der Waals surface area contributed by atoms with Crippen molar-refractivity contribution in [3.8, 4) is 0 Å². The van der Waals surface area contributed by atoms with Crippen LogP contribution >= 0.6 is 11.8 Å². The molecule has 1 amide bonds. The summed E-state index contributed by atoms with van der Waals surface area (Å²) in [6.45, 7) is 1.17. The van der Waals surface area contributed by atoms with Gasteiger partial charge in [-0.3, -0.25) is 4.79 Å². The predicted molar refractivity (Wildman–Crippen MR) is 75.2 cm³/mol. The van der Waals surface area contributed by atoms with Crippen LogP contribution in [-0.4, -0.2) is 56.0 Å². The Hall–Kier alpha value is -0.270. The molecular weight excluding hydrogens is 272 g/mol. The molecule has 18 heavy (non-hydrogen) atoms. The number of thioether (sulfide) groups is 1. The third kappa shape index (κ3) is 5.16. The highest BCUT2D eigenvalue weighted by Gasteiger charge is 2.28. The number of nitrogens with zero attached hydrogens (tertiary/aromatic N) is 1. The summed E-state index contributed by atoms with van der Waals surface area (Å²) in [6, 6.07) is 0.0447. The van der Waals surface area contributed by atoms with E-state index in [2.05, 4.69) is 5.32 Å². The van der Waals surface area contributed by atoms with E-state index in [9.17, 15) is 13.2 Å². The van der Waals surface area contributed by atoms with Gasteiger partial charge in [-0.2, -0.15) is 16.1 Å². The van der Waals surface area contributed by atoms with Crippen LogP contribution in [0, 0.1) is 0 Å². The first-order valence-electron chi connectivity index (χ1n) is 6.17. The molecule has 0 unspecified atom stereocenters. The van der Waals surface area contributed by atoms with E-state index in [1.165, 1.54) is 18.0 Å². The van der Waals surface area contributed by atoms with E-state index in [1.54, 1.807) is 4.31 Å². The van der Waals surface area contributed by atoms with Crippen molar-refractivity contribution in [1.29, 1.82) is 0 Å². The summed E-state index contributed by atoms with van der Waals surface area (Å²) in [4.78, 5) is 11.3. The number of hydrogen-bond donors (Lipinski definition) is 1. The van der Waals surface area contributed by atoms with Gasteiger partial charge < -0.3 is 5.32 Å². The number of nitrogens with one attached hydrogen (secondary N) is 1. The van der Waals surface area contributed by atoms with Gasteiger partial charge in [-0.1, -0.05) is 6.42 Å². The SMILES string of the molecule is CSCC(=O)NCC[C@@H]1CCCCN1S(C)(=O)=O. The number of sulfonamides is 1. The van der Waals surface area contributed by atoms with Crippen molar-refractivity contribution in [2.75, 3.05) is 31.4 Å². The minimum absolute atomic E-state index is 0.0178. The number of hydrogen-bond acceptors (Lipinski definition) is 4. The van der Waals surface area contributed by atoms with Crippen LogP contribution in [-0.2, 0) is 14.8 Å². The maximum Gasteiger partial charge on any atom is 0.229 e. The van der Waals surface area contributed by atoms with Gasteiger partial charge in [0.1, 0.15) is 0 Å². The van der Waals surface area contributed by atoms with Gasteiger partial charge in [0.05, 0.1) is 12.0 Å². The van der Waals surface area contributed by atoms with Gasteiger partial charge in [-0.05, 0) is 25.5 Å². The maximum absolute atomic E-state index is 11.6. The molecule has 0 saturated carbocycles. The summed E-state index contributed by atoms with van der Waals surface area (Å²) in [5.41, 5.74) is 0. The van der Waals surface area contributed by atoms with Crippen molar-refractivity contribution in [2.45, 2.75) is 31.7 Å². The lowest BCUT2D eigenvalue weighted by atomic mass is 10.0. The second-order valence-electron chi connectivity index (χ2n) is 4.59. The van der Waals surface area contributed by atoms with Crippen molar-refractivity contribution >= 4 is 27.7 Å². The molecule has 1 heterocycles. The number of piperidine rings is 1. The van der Waals surface area contributed by atoms with Crippen molar-refractivity contribution in [3.05, 3.63) is 0 Å². The van der Waals surface area contributed by atoms with Crippen LogP contribution in [0.3, 0.4) is 0 Å². The molecule has 0 bridgehead atoms. The number of rotatable bonds is 6. The summed E-state index contributed by atoms with van der Waals surface area (Å²) < 4.78 is 24.8. The van der Waals surface area contributed by atoms with E-state index in [0.717, 1.165) is 19.3 Å². The van der Waals surface area contributed by atoms with Gasteiger partial charge in [0.15, 0.2) is 0 Å². The van der Waals surface area contributed by atoms with Crippen molar-refractivity contribution in [3.63, 3.8) is 0 Å². The highest BCUT2D eigenvalue weighted by molar-refractivity contribution is 7.99. The van der Waals surface area contributed by atoms with Crippen molar-refractivity contribution < 1.29 is 13.2 Å². The van der Waals surface area contributed by atoms with Gasteiger partial charge in [0, 0.05) is 19.1 Å². The Morgan fingerprint density at radius 3 is 2.78 bits per heavy atom. The monoisotopic (exact) mass is 294 g/mol. The Kier molecular flexibility index (Phi) is 6.45. The molecule has 0 aromatic carbocycles. The second kappa shape index (κ2) is 7.35. The zero-order valence-corrected chi connectivity index (χ0v) is 12.6. The summed E-state index contributed by atoms with van der Waals surface area (Å²) in [6.07, 6.45) is 6.74. The zero-order valence-electron chi connectivity index (χ0n) is 11.0. The van der Waals surface area contributed by atoms with Crippen LogP contribution in [0.2, 0.25) is 0 Å². The third-order valence-electron chi connectivity index (χ3n) is 3.07. The fourth-order valence-electron chi connectivity index (χ4n) is 2.26. The molecule has 106 valence electrons. The smallest absolute Gasteiger partial charge is 0.229 e. The van der Waals surface area contributed by atoms with Gasteiger partial charge in [0.2, 0.25) is 15.9 Å². The summed E-state index contributed by atoms with van der Waals surface area (Å²) in [7, 11) is -3.12. The molecule has 1 aliphatic heterocycles. The standard InChI is InChI=1S/C11H22N2O3S2/c1-17-9-11(14)12-7-6-10-5-3-4-8-13(10)18(2,15)16/h10H,3-9H2,1-2H3,(H,12,14)/t10-/m0/s1. The molecule has 1 atom stereocenters. The zero-order chi connectivity index (χ0) is 13.6. The Morgan fingerprint density at radius 2 is 2.17 bits per heavy atom. The van der Waals surface area contributed by atoms with E-state index in [0.29, 0.717) is 25.3 Å². The van der Waals surface area contributed by atoms with Crippen molar-refractivity contribution in [2.24, 2.45) is 0 Å². The van der Waals surface area contributed by atoms with Gasteiger partial charge in [-0.25, -0.2) is 8.42 Å². The lowest BCUT2D eigenvalue weighted by Gasteiger charge is -2.33. The van der Waals surface area contributed by atoms with E-state index < -0.39 is 10.0 Å². The first kappa shape index (κ1) is 15.8. The Labute approximate surface area is 114 Å². The fraction of sp³-hybridized carbons (Fsp3) is 0.909. The molecule has 5 nitrogen and oxygen atoms in total. The molecule has 7 heteroatoms. The van der Waals surface area contributed by atoms with Crippen LogP contribution in [0.4, 0.5) is 0 Å². The lowest BCUT2D eigenvalue weighted by Crippen LogP contribution is -2.44. The number of carbonyl (C=O) groups excluding carboxylic acids is 1. The summed E-state index contributed by atoms with van der Waals surface area (Å²) in [5, 5.41) is 2.82. The highest BCUT2D eigenvalue weighted by Crippen LogP contribution is 2.21. The van der Waals surface area contributed by atoms with Crippen LogP contribution in [0.15, 0.2) is 0 Å². The third-order valence-corrected chi connectivity index (χ3v) is 4.96. The van der Waals surface area contributed by atoms with Gasteiger partial charge >= 0.3 is 0 Å². The highest BCUT2D eigenvalue weighted by atomic mass is 32.2. The number of amides is 1. The molecule has 0 aliphatic carbocycles. The number of carbonyl (C=O) groups is 1. The largest absolute Gasteiger partial charge is 0.355 e. The van der Waals surface area contributed by atoms with Crippen LogP contribution in [0.25, 0.3) is 0 Å². The van der Waals surface area contributed by atoms with E-state index in [4.69, 9.17) is 0 Å². The summed E-state index contributed by atoms with van der Waals surface area (Å²) in [5.74, 6) is 0.477. The minimum atomic E-state index is -3.12. The van der Waals surface area contributed by atoms with Crippen LogP contribution < -0.4 is 5.32 Å². The van der Waals surface area contributed by atoms with E-state index in [1.807, 2.05) is 6.26 Å². The topological polar surface area (TPSA) is 66.5 Å². The molecule has 0 aromatic rings. The molecule has 1 N–H and O–H groups in total. The first-order valence-corrected chi connectivity index (χ1v) is 9.42. The first-order chi connectivity index (χ1) is 8.45. The molecule has 0 spiro atoms. The van der Waals surface area contributed by atoms with Gasteiger partial charge in [0.25, 0.3) is 0 Å². The van der Waals surface area contributed by atoms with Gasteiger partial charge in [-0.15, -0.1) is 0 Å². The van der Waals surface area contributed by atoms with Crippen molar-refractivity contribution in [1.82, 2.24) is 9.62 Å². The molecule has 1 aliphatic rings. The molecular formula is C11H22N2O3S2. The molecule has 1 rings (SSSR count). The Balaban J connectivity index is 2.41. The molecule has 0 radical (unpaired) electrons. The molecule has 0 aromatic heterocycles. The molecule has 1 fully saturated rings. The minimum Gasteiger partial charge on any atom is -0.355 e. The predicted octanol–water partition coefficient (Wildman–Crippen LogP) is 0.670. The fourth-order valence-corrected chi connectivity index (χ4v) is 3.84. The van der Waals surface area contributed by atoms with E-state index in [-0.39, 0.29) is 11.9 Å². The summed E-state index contributed by atoms with van der Waals surface area (Å²) >= 11 is 1.48. The quantitative estimate of drug-likeness (QED) is 0.782. The normalized spacial score (nSPS) is 21.8. The molecule has 1 saturated heterocycles. The maximum atomic E-state index is 11.6.